The van der Waals surface area contributed by atoms with Crippen molar-refractivity contribution in [2.45, 2.75) is 6.92 Å². The van der Waals surface area contributed by atoms with E-state index in [1.807, 2.05) is 42.5 Å². The summed E-state index contributed by atoms with van der Waals surface area (Å²) in [6.45, 7) is 1.81. The average Bonchev–Trinajstić information content (AvgIpc) is 2.81. The molecule has 0 aliphatic heterocycles. The predicted octanol–water partition coefficient (Wildman–Crippen LogP) is 5.20. The van der Waals surface area contributed by atoms with Gasteiger partial charge in [-0.15, -0.1) is 0 Å². The largest absolute Gasteiger partial charge is 0.495 e. The monoisotopic (exact) mass is 426 g/mol. The van der Waals surface area contributed by atoms with Gasteiger partial charge in [-0.2, -0.15) is 0 Å². The minimum absolute atomic E-state index is 0.0334. The minimum atomic E-state index is -0.490. The Morgan fingerprint density at radius 1 is 0.812 bits per heavy atom. The van der Waals surface area contributed by atoms with E-state index in [0.717, 1.165) is 5.75 Å². The molecule has 0 fully saturated rings. The third-order valence-corrected chi connectivity index (χ3v) is 4.94. The fourth-order valence-electron chi connectivity index (χ4n) is 3.35. The van der Waals surface area contributed by atoms with Crippen molar-refractivity contribution in [2.75, 3.05) is 12.4 Å². The molecular formula is C26H22N2O4. The molecule has 1 N–H and O–H groups in total. The van der Waals surface area contributed by atoms with Crippen LogP contribution in [0.1, 0.15) is 16.1 Å². The molecule has 32 heavy (non-hydrogen) atoms. The van der Waals surface area contributed by atoms with Crippen LogP contribution in [0.25, 0.3) is 5.69 Å². The summed E-state index contributed by atoms with van der Waals surface area (Å²) < 4.78 is 12.6. The Morgan fingerprint density at radius 3 is 2.19 bits per heavy atom. The summed E-state index contributed by atoms with van der Waals surface area (Å²) in [7, 11) is 1.54. The summed E-state index contributed by atoms with van der Waals surface area (Å²) in [6, 6.07) is 26.8. The molecule has 0 bridgehead atoms. The Hall–Kier alpha value is -4.32. The molecule has 1 amide bonds. The summed E-state index contributed by atoms with van der Waals surface area (Å²) in [5, 5.41) is 2.78. The van der Waals surface area contributed by atoms with Crippen LogP contribution >= 0.6 is 0 Å². The van der Waals surface area contributed by atoms with Crippen LogP contribution < -0.4 is 20.3 Å². The number of nitrogens with one attached hydrogen (secondary N) is 1. The van der Waals surface area contributed by atoms with E-state index >= 15 is 0 Å². The number of hydrogen-bond acceptors (Lipinski definition) is 4. The van der Waals surface area contributed by atoms with E-state index in [2.05, 4.69) is 5.32 Å². The average molecular weight is 426 g/mol. The molecule has 1 heterocycles. The quantitative estimate of drug-likeness (QED) is 0.460. The van der Waals surface area contributed by atoms with Gasteiger partial charge in [0.2, 0.25) is 0 Å². The van der Waals surface area contributed by atoms with Gasteiger partial charge in [0, 0.05) is 11.4 Å². The summed E-state index contributed by atoms with van der Waals surface area (Å²) in [6.07, 6.45) is 0. The number of carbonyl (C=O) groups is 1. The van der Waals surface area contributed by atoms with E-state index in [1.165, 1.54) is 10.6 Å². The predicted molar refractivity (Wildman–Crippen MR) is 124 cm³/mol. The number of nitrogens with zero attached hydrogens (tertiary/aromatic N) is 1. The minimum Gasteiger partial charge on any atom is -0.495 e. The van der Waals surface area contributed by atoms with Gasteiger partial charge >= 0.3 is 0 Å². The van der Waals surface area contributed by atoms with Crippen molar-refractivity contribution in [3.8, 4) is 22.9 Å². The fourth-order valence-corrected chi connectivity index (χ4v) is 3.35. The number of methoxy groups -OCH3 is 1. The van der Waals surface area contributed by atoms with Gasteiger partial charge in [-0.3, -0.25) is 14.2 Å². The third kappa shape index (κ3) is 4.39. The van der Waals surface area contributed by atoms with Crippen LogP contribution in [0.3, 0.4) is 0 Å². The van der Waals surface area contributed by atoms with Crippen molar-refractivity contribution in [2.24, 2.45) is 0 Å². The van der Waals surface area contributed by atoms with Crippen molar-refractivity contribution in [3.05, 3.63) is 113 Å². The third-order valence-electron chi connectivity index (χ3n) is 4.94. The topological polar surface area (TPSA) is 69.6 Å². The number of aryl methyl sites for hydroxylation is 1. The zero-order chi connectivity index (χ0) is 22.5. The van der Waals surface area contributed by atoms with Crippen LogP contribution in [0, 0.1) is 6.92 Å². The molecular weight excluding hydrogens is 404 g/mol. The fraction of sp³-hybridized carbons (Fsp3) is 0.0769. The summed E-state index contributed by atoms with van der Waals surface area (Å²) >= 11 is 0. The Kier molecular flexibility index (Phi) is 6.03. The first-order chi connectivity index (χ1) is 15.6. The highest BCUT2D eigenvalue weighted by Crippen LogP contribution is 2.24. The molecule has 0 unspecified atom stereocenters. The molecule has 0 atom stereocenters. The second-order valence-electron chi connectivity index (χ2n) is 7.09. The second-order valence-corrected chi connectivity index (χ2v) is 7.09. The molecule has 6 heteroatoms. The number of rotatable bonds is 6. The van der Waals surface area contributed by atoms with Gasteiger partial charge in [0.15, 0.2) is 0 Å². The van der Waals surface area contributed by atoms with E-state index in [0.29, 0.717) is 28.6 Å². The standard InChI is InChI=1S/C26H22N2O4/c1-18-12-17-22(26(30)28(18)23-10-6-7-11-24(23)31-2)25(29)27-19-13-15-21(16-14-19)32-20-8-4-3-5-9-20/h3-17H,1-2H3,(H,27,29). The molecule has 3 aromatic carbocycles. The molecule has 0 spiro atoms. The van der Waals surface area contributed by atoms with Gasteiger partial charge in [-0.25, -0.2) is 0 Å². The molecule has 0 aliphatic rings. The van der Waals surface area contributed by atoms with Gasteiger partial charge < -0.3 is 14.8 Å². The van der Waals surface area contributed by atoms with Gasteiger partial charge in [0.05, 0.1) is 12.8 Å². The van der Waals surface area contributed by atoms with Crippen LogP contribution in [0.4, 0.5) is 5.69 Å². The van der Waals surface area contributed by atoms with Crippen LogP contribution in [0.2, 0.25) is 0 Å². The summed E-state index contributed by atoms with van der Waals surface area (Å²) in [5.74, 6) is 1.42. The Balaban J connectivity index is 1.57. The zero-order valence-corrected chi connectivity index (χ0v) is 17.7. The second kappa shape index (κ2) is 9.22. The van der Waals surface area contributed by atoms with Gasteiger partial charge in [-0.05, 0) is 67.6 Å². The maximum atomic E-state index is 13.2. The van der Waals surface area contributed by atoms with E-state index < -0.39 is 11.5 Å². The summed E-state index contributed by atoms with van der Waals surface area (Å²) in [4.78, 5) is 26.0. The van der Waals surface area contributed by atoms with Crippen molar-refractivity contribution >= 4 is 11.6 Å². The molecule has 0 saturated carbocycles. The highest BCUT2D eigenvalue weighted by Gasteiger charge is 2.17. The van der Waals surface area contributed by atoms with Crippen molar-refractivity contribution < 1.29 is 14.3 Å². The number of pyridine rings is 1. The first-order valence-corrected chi connectivity index (χ1v) is 10.1. The van der Waals surface area contributed by atoms with Crippen molar-refractivity contribution in [1.82, 2.24) is 4.57 Å². The van der Waals surface area contributed by atoms with Gasteiger partial charge in [0.25, 0.3) is 11.5 Å². The van der Waals surface area contributed by atoms with E-state index in [9.17, 15) is 9.59 Å². The van der Waals surface area contributed by atoms with Crippen LogP contribution in [-0.2, 0) is 0 Å². The molecule has 0 saturated heterocycles. The molecule has 160 valence electrons. The number of aromatic nitrogens is 1. The SMILES string of the molecule is COc1ccccc1-n1c(C)ccc(C(=O)Nc2ccc(Oc3ccccc3)cc2)c1=O. The Bertz CT molecular complexity index is 1300. The van der Waals surface area contributed by atoms with Gasteiger partial charge in [0.1, 0.15) is 22.8 Å². The number of amides is 1. The number of carbonyl (C=O) groups excluding carboxylic acids is 1. The van der Waals surface area contributed by atoms with Crippen molar-refractivity contribution in [1.29, 1.82) is 0 Å². The van der Waals surface area contributed by atoms with Crippen molar-refractivity contribution in [3.63, 3.8) is 0 Å². The molecule has 0 radical (unpaired) electrons. The Labute approximate surface area is 185 Å². The van der Waals surface area contributed by atoms with Gasteiger partial charge in [-0.1, -0.05) is 30.3 Å². The number of hydrogen-bond donors (Lipinski definition) is 1. The Morgan fingerprint density at radius 2 is 1.47 bits per heavy atom. The first kappa shape index (κ1) is 20.9. The van der Waals surface area contributed by atoms with Crippen LogP contribution in [0.5, 0.6) is 17.2 Å². The number of anilines is 1. The van der Waals surface area contributed by atoms with Crippen LogP contribution in [-0.4, -0.2) is 17.6 Å². The lowest BCUT2D eigenvalue weighted by Gasteiger charge is -2.15. The molecule has 4 aromatic rings. The summed E-state index contributed by atoms with van der Waals surface area (Å²) in [5.41, 5.74) is 1.44. The van der Waals surface area contributed by atoms with E-state index in [1.54, 1.807) is 56.5 Å². The molecule has 6 nitrogen and oxygen atoms in total. The number of para-hydroxylation sites is 3. The normalized spacial score (nSPS) is 10.4. The van der Waals surface area contributed by atoms with E-state index in [-0.39, 0.29) is 5.56 Å². The zero-order valence-electron chi connectivity index (χ0n) is 17.7. The molecule has 0 aliphatic carbocycles. The lowest BCUT2D eigenvalue weighted by Crippen LogP contribution is -2.29. The lowest BCUT2D eigenvalue weighted by atomic mass is 10.2. The maximum Gasteiger partial charge on any atom is 0.268 e. The maximum absolute atomic E-state index is 13.2. The molecule has 4 rings (SSSR count). The number of ether oxygens (including phenoxy) is 2. The highest BCUT2D eigenvalue weighted by atomic mass is 16.5. The first-order valence-electron chi connectivity index (χ1n) is 10.1. The lowest BCUT2D eigenvalue weighted by molar-refractivity contribution is 0.102. The molecule has 1 aromatic heterocycles. The number of benzene rings is 3. The van der Waals surface area contributed by atoms with Crippen LogP contribution in [0.15, 0.2) is 95.8 Å². The highest BCUT2D eigenvalue weighted by molar-refractivity contribution is 6.04. The van der Waals surface area contributed by atoms with E-state index in [4.69, 9.17) is 9.47 Å². The smallest absolute Gasteiger partial charge is 0.268 e.